The zero-order valence-corrected chi connectivity index (χ0v) is 13.1. The highest BCUT2D eigenvalue weighted by Gasteiger charge is 2.41. The molecule has 0 radical (unpaired) electrons. The van der Waals surface area contributed by atoms with E-state index in [1.54, 1.807) is 12.1 Å². The van der Waals surface area contributed by atoms with E-state index in [2.05, 4.69) is 10.2 Å². The predicted molar refractivity (Wildman–Crippen MR) is 87.0 cm³/mol. The summed E-state index contributed by atoms with van der Waals surface area (Å²) in [6.45, 7) is 1.22. The van der Waals surface area contributed by atoms with Gasteiger partial charge in [0.2, 0.25) is 11.8 Å². The van der Waals surface area contributed by atoms with Crippen molar-refractivity contribution in [3.63, 3.8) is 0 Å². The van der Waals surface area contributed by atoms with Gasteiger partial charge in [0, 0.05) is 18.8 Å². The quantitative estimate of drug-likeness (QED) is 0.731. The molecule has 1 aliphatic heterocycles. The molecule has 4 rings (SSSR count). The van der Waals surface area contributed by atoms with Crippen molar-refractivity contribution in [1.29, 1.82) is 0 Å². The summed E-state index contributed by atoms with van der Waals surface area (Å²) in [5, 5.41) is 8.54. The fraction of sp³-hybridized carbons (Fsp3) is 0.263. The van der Waals surface area contributed by atoms with Crippen LogP contribution in [0, 0.1) is 5.82 Å². The van der Waals surface area contributed by atoms with Gasteiger partial charge >= 0.3 is 0 Å². The molecular weight excluding hydrogens is 307 g/mol. The molecule has 24 heavy (non-hydrogen) atoms. The topological polar surface area (TPSA) is 48.2 Å². The Bertz CT molecular complexity index is 809. The van der Waals surface area contributed by atoms with Crippen LogP contribution in [0.25, 0.3) is 11.5 Å². The molecule has 0 amide bonds. The molecule has 0 spiro atoms. The first-order valence-corrected chi connectivity index (χ1v) is 8.01. The van der Waals surface area contributed by atoms with Crippen LogP contribution in [0.3, 0.4) is 0 Å². The fourth-order valence-corrected chi connectivity index (χ4v) is 3.23. The maximum Gasteiger partial charge on any atom is 0.247 e. The van der Waals surface area contributed by atoms with Crippen LogP contribution in [0.5, 0.6) is 0 Å². The predicted octanol–water partition coefficient (Wildman–Crippen LogP) is 3.97. The molecule has 1 fully saturated rings. The Morgan fingerprint density at radius 3 is 2.29 bits per heavy atom. The van der Waals surface area contributed by atoms with Crippen LogP contribution in [0.15, 0.2) is 59.0 Å². The Morgan fingerprint density at radius 1 is 0.875 bits per heavy atom. The average Bonchev–Trinajstić information content (AvgIpc) is 3.14. The number of hydrogen-bond acceptors (Lipinski definition) is 4. The van der Waals surface area contributed by atoms with Crippen LogP contribution in [0.4, 0.5) is 4.39 Å². The zero-order chi connectivity index (χ0) is 16.4. The van der Waals surface area contributed by atoms with Crippen LogP contribution >= 0.6 is 0 Å². The van der Waals surface area contributed by atoms with Crippen molar-refractivity contribution >= 4 is 0 Å². The molecule has 1 aromatic heterocycles. The van der Waals surface area contributed by atoms with Crippen molar-refractivity contribution in [2.45, 2.75) is 18.3 Å². The van der Waals surface area contributed by atoms with Crippen molar-refractivity contribution in [3.05, 3.63) is 71.9 Å². The van der Waals surface area contributed by atoms with Gasteiger partial charge in [-0.1, -0.05) is 30.3 Å². The molecule has 5 heteroatoms. The Balaban J connectivity index is 1.77. The summed E-state index contributed by atoms with van der Waals surface area (Å²) in [6.07, 6.45) is 1.46. The molecule has 0 aliphatic carbocycles. The van der Waals surface area contributed by atoms with Gasteiger partial charge < -0.3 is 9.15 Å². The molecule has 1 aliphatic rings. The molecule has 2 heterocycles. The SMILES string of the molecule is Fc1ccc(C2(c3nnc(-c4ccccc4)o3)CCOCC2)cc1. The van der Waals surface area contributed by atoms with E-state index in [0.29, 0.717) is 25.0 Å². The van der Waals surface area contributed by atoms with E-state index in [1.807, 2.05) is 30.3 Å². The number of halogens is 1. The first kappa shape index (κ1) is 15.0. The van der Waals surface area contributed by atoms with Crippen LogP contribution in [0.2, 0.25) is 0 Å². The van der Waals surface area contributed by atoms with Crippen molar-refractivity contribution in [2.75, 3.05) is 13.2 Å². The lowest BCUT2D eigenvalue weighted by Gasteiger charge is -2.34. The highest BCUT2D eigenvalue weighted by molar-refractivity contribution is 5.52. The number of hydrogen-bond donors (Lipinski definition) is 0. The van der Waals surface area contributed by atoms with Gasteiger partial charge in [0.25, 0.3) is 0 Å². The van der Waals surface area contributed by atoms with Crippen molar-refractivity contribution in [3.8, 4) is 11.5 Å². The van der Waals surface area contributed by atoms with Crippen LogP contribution < -0.4 is 0 Å². The third kappa shape index (κ3) is 2.61. The van der Waals surface area contributed by atoms with Crippen LogP contribution in [-0.2, 0) is 10.2 Å². The lowest BCUT2D eigenvalue weighted by molar-refractivity contribution is 0.0546. The monoisotopic (exact) mass is 324 g/mol. The van der Waals surface area contributed by atoms with E-state index in [0.717, 1.165) is 24.0 Å². The molecule has 0 N–H and O–H groups in total. The maximum absolute atomic E-state index is 13.3. The Kier molecular flexibility index (Phi) is 3.86. The fourth-order valence-electron chi connectivity index (χ4n) is 3.23. The van der Waals surface area contributed by atoms with Gasteiger partial charge in [0.15, 0.2) is 0 Å². The summed E-state index contributed by atoms with van der Waals surface area (Å²) in [7, 11) is 0. The van der Waals surface area contributed by atoms with Gasteiger partial charge in [-0.15, -0.1) is 10.2 Å². The average molecular weight is 324 g/mol. The molecule has 0 atom stereocenters. The van der Waals surface area contributed by atoms with Gasteiger partial charge in [0.05, 0.1) is 5.41 Å². The normalized spacial score (nSPS) is 16.9. The summed E-state index contributed by atoms with van der Waals surface area (Å²) < 4.78 is 24.9. The third-order valence-electron chi connectivity index (χ3n) is 4.60. The van der Waals surface area contributed by atoms with Gasteiger partial charge in [0.1, 0.15) is 5.82 Å². The number of nitrogens with zero attached hydrogens (tertiary/aromatic N) is 2. The second-order valence-corrected chi connectivity index (χ2v) is 5.98. The summed E-state index contributed by atoms with van der Waals surface area (Å²) >= 11 is 0. The minimum absolute atomic E-state index is 0.253. The van der Waals surface area contributed by atoms with Crippen molar-refractivity contribution in [2.24, 2.45) is 0 Å². The zero-order valence-electron chi connectivity index (χ0n) is 13.1. The standard InChI is InChI=1S/C19H17FN2O2/c20-16-8-6-15(7-9-16)19(10-12-23-13-11-19)18-22-21-17(24-18)14-4-2-1-3-5-14/h1-9H,10-13H2. The smallest absolute Gasteiger partial charge is 0.247 e. The Labute approximate surface area is 139 Å². The Morgan fingerprint density at radius 2 is 1.58 bits per heavy atom. The van der Waals surface area contributed by atoms with E-state index < -0.39 is 5.41 Å². The maximum atomic E-state index is 13.3. The van der Waals surface area contributed by atoms with Crippen molar-refractivity contribution < 1.29 is 13.5 Å². The number of ether oxygens (including phenoxy) is 1. The Hall–Kier alpha value is -2.53. The van der Waals surface area contributed by atoms with Gasteiger partial charge in [-0.3, -0.25) is 0 Å². The molecule has 2 aromatic carbocycles. The number of rotatable bonds is 3. The second kappa shape index (κ2) is 6.17. The molecule has 4 nitrogen and oxygen atoms in total. The molecule has 0 saturated carbocycles. The molecule has 1 saturated heterocycles. The summed E-state index contributed by atoms with van der Waals surface area (Å²) in [6, 6.07) is 16.2. The van der Waals surface area contributed by atoms with E-state index in [1.165, 1.54) is 12.1 Å². The van der Waals surface area contributed by atoms with Crippen LogP contribution in [0.1, 0.15) is 24.3 Å². The summed E-state index contributed by atoms with van der Waals surface area (Å²) in [4.78, 5) is 0. The first-order chi connectivity index (χ1) is 11.8. The third-order valence-corrected chi connectivity index (χ3v) is 4.60. The molecule has 122 valence electrons. The van der Waals surface area contributed by atoms with E-state index >= 15 is 0 Å². The highest BCUT2D eigenvalue weighted by atomic mass is 19.1. The van der Waals surface area contributed by atoms with Crippen LogP contribution in [-0.4, -0.2) is 23.4 Å². The van der Waals surface area contributed by atoms with Crippen molar-refractivity contribution in [1.82, 2.24) is 10.2 Å². The molecule has 0 unspecified atom stereocenters. The molecule has 0 bridgehead atoms. The first-order valence-electron chi connectivity index (χ1n) is 8.01. The lowest BCUT2D eigenvalue weighted by Crippen LogP contribution is -2.35. The molecular formula is C19H17FN2O2. The highest BCUT2D eigenvalue weighted by Crippen LogP contribution is 2.41. The van der Waals surface area contributed by atoms with E-state index in [4.69, 9.17) is 9.15 Å². The lowest BCUT2D eigenvalue weighted by atomic mass is 9.74. The van der Waals surface area contributed by atoms with Gasteiger partial charge in [-0.2, -0.15) is 0 Å². The molecule has 3 aromatic rings. The minimum atomic E-state index is -0.425. The van der Waals surface area contributed by atoms with Gasteiger partial charge in [-0.05, 0) is 42.7 Å². The summed E-state index contributed by atoms with van der Waals surface area (Å²) in [5.41, 5.74) is 1.44. The summed E-state index contributed by atoms with van der Waals surface area (Å²) in [5.74, 6) is 0.811. The van der Waals surface area contributed by atoms with E-state index in [-0.39, 0.29) is 5.82 Å². The van der Waals surface area contributed by atoms with Gasteiger partial charge in [-0.25, -0.2) is 4.39 Å². The second-order valence-electron chi connectivity index (χ2n) is 5.98. The number of benzene rings is 2. The largest absolute Gasteiger partial charge is 0.420 e. The number of aromatic nitrogens is 2. The minimum Gasteiger partial charge on any atom is -0.420 e. The van der Waals surface area contributed by atoms with E-state index in [9.17, 15) is 4.39 Å².